The van der Waals surface area contributed by atoms with E-state index < -0.39 is 0 Å². The van der Waals surface area contributed by atoms with Crippen LogP contribution in [0.15, 0.2) is 40.9 Å². The Hall–Kier alpha value is -0.510. The Morgan fingerprint density at radius 1 is 1.11 bits per heavy atom. The summed E-state index contributed by atoms with van der Waals surface area (Å²) in [6, 6.07) is 12.1. The molecule has 19 heavy (non-hydrogen) atoms. The van der Waals surface area contributed by atoms with Crippen LogP contribution in [0.3, 0.4) is 0 Å². The second-order valence-electron chi connectivity index (χ2n) is 4.27. The van der Waals surface area contributed by atoms with Gasteiger partial charge in [-0.05, 0) is 41.8 Å². The normalized spacial score (nSPS) is 12.3. The first-order valence-electron chi connectivity index (χ1n) is 5.76. The zero-order valence-electron chi connectivity index (χ0n) is 10.6. The third-order valence-corrected chi connectivity index (χ3v) is 5.16. The van der Waals surface area contributed by atoms with E-state index in [0.29, 0.717) is 10.8 Å². The Morgan fingerprint density at radius 3 is 2.32 bits per heavy atom. The Balaban J connectivity index is 2.35. The van der Waals surface area contributed by atoms with Crippen LogP contribution in [0.2, 0.25) is 5.02 Å². The molecule has 1 atom stereocenters. The molecule has 0 aliphatic rings. The highest BCUT2D eigenvalue weighted by molar-refractivity contribution is 9.10. The first-order chi connectivity index (χ1) is 9.02. The molecular weight excluding hydrogens is 391 g/mol. The largest absolute Gasteiger partial charge is 0.495 e. The second-order valence-corrected chi connectivity index (χ2v) is 6.44. The highest BCUT2D eigenvalue weighted by atomic mass is 79.9. The number of rotatable bonds is 3. The molecule has 100 valence electrons. The van der Waals surface area contributed by atoms with Gasteiger partial charge >= 0.3 is 0 Å². The van der Waals surface area contributed by atoms with Gasteiger partial charge in [0.25, 0.3) is 0 Å². The van der Waals surface area contributed by atoms with E-state index in [4.69, 9.17) is 16.3 Å². The lowest BCUT2D eigenvalue weighted by molar-refractivity contribution is 0.415. The van der Waals surface area contributed by atoms with Crippen LogP contribution in [0.4, 0.5) is 0 Å². The number of hydrogen-bond donors (Lipinski definition) is 0. The Morgan fingerprint density at radius 2 is 1.74 bits per heavy atom. The van der Waals surface area contributed by atoms with Crippen molar-refractivity contribution in [3.63, 3.8) is 0 Å². The van der Waals surface area contributed by atoms with Gasteiger partial charge in [0.15, 0.2) is 0 Å². The van der Waals surface area contributed by atoms with E-state index >= 15 is 0 Å². The van der Waals surface area contributed by atoms with Crippen LogP contribution in [0.5, 0.6) is 5.75 Å². The molecule has 0 amide bonds. The molecule has 0 aliphatic carbocycles. The second kappa shape index (κ2) is 6.29. The summed E-state index contributed by atoms with van der Waals surface area (Å²) < 4.78 is 6.27. The fourth-order valence-electron chi connectivity index (χ4n) is 1.80. The van der Waals surface area contributed by atoms with Gasteiger partial charge in [-0.2, -0.15) is 0 Å². The third-order valence-electron chi connectivity index (χ3n) is 2.96. The molecule has 0 heterocycles. The zero-order valence-corrected chi connectivity index (χ0v) is 14.5. The number of halogens is 3. The van der Waals surface area contributed by atoms with Gasteiger partial charge in [-0.1, -0.05) is 61.7 Å². The summed E-state index contributed by atoms with van der Waals surface area (Å²) in [7, 11) is 1.61. The molecule has 0 saturated heterocycles. The zero-order chi connectivity index (χ0) is 14.0. The van der Waals surface area contributed by atoms with Gasteiger partial charge in [0.05, 0.1) is 17.0 Å². The van der Waals surface area contributed by atoms with E-state index in [1.807, 2.05) is 18.2 Å². The molecule has 1 nitrogen and oxygen atoms in total. The van der Waals surface area contributed by atoms with Gasteiger partial charge in [0, 0.05) is 4.47 Å². The fraction of sp³-hybridized carbons (Fsp3) is 0.200. The van der Waals surface area contributed by atoms with Gasteiger partial charge in [-0.3, -0.25) is 0 Å². The van der Waals surface area contributed by atoms with Crippen molar-refractivity contribution in [1.82, 2.24) is 0 Å². The summed E-state index contributed by atoms with van der Waals surface area (Å²) >= 11 is 13.4. The summed E-state index contributed by atoms with van der Waals surface area (Å²) in [6.45, 7) is 2.07. The van der Waals surface area contributed by atoms with Gasteiger partial charge in [0.2, 0.25) is 0 Å². The summed E-state index contributed by atoms with van der Waals surface area (Å²) in [5.74, 6) is 0.690. The van der Waals surface area contributed by atoms with Crippen LogP contribution in [-0.4, -0.2) is 7.11 Å². The predicted molar refractivity (Wildman–Crippen MR) is 87.7 cm³/mol. The van der Waals surface area contributed by atoms with Gasteiger partial charge in [-0.15, -0.1) is 0 Å². The average Bonchev–Trinajstić information content (AvgIpc) is 2.41. The highest BCUT2D eigenvalue weighted by Crippen LogP contribution is 2.36. The molecule has 0 aliphatic heterocycles. The van der Waals surface area contributed by atoms with Crippen LogP contribution in [0.25, 0.3) is 0 Å². The van der Waals surface area contributed by atoms with Crippen molar-refractivity contribution in [2.45, 2.75) is 11.8 Å². The fourth-order valence-corrected chi connectivity index (χ4v) is 3.03. The van der Waals surface area contributed by atoms with Gasteiger partial charge in [0.1, 0.15) is 5.75 Å². The van der Waals surface area contributed by atoms with Crippen molar-refractivity contribution in [3.8, 4) is 5.75 Å². The molecule has 0 aromatic heterocycles. The summed E-state index contributed by atoms with van der Waals surface area (Å²) in [5.41, 5.74) is 3.50. The van der Waals surface area contributed by atoms with Crippen LogP contribution in [0.1, 0.15) is 21.5 Å². The minimum atomic E-state index is 0.104. The van der Waals surface area contributed by atoms with Crippen LogP contribution >= 0.6 is 43.5 Å². The van der Waals surface area contributed by atoms with E-state index in [9.17, 15) is 0 Å². The molecule has 0 N–H and O–H groups in total. The lowest BCUT2D eigenvalue weighted by Crippen LogP contribution is -1.94. The summed E-state index contributed by atoms with van der Waals surface area (Å²) in [4.78, 5) is 0.104. The molecule has 2 rings (SSSR count). The van der Waals surface area contributed by atoms with E-state index in [-0.39, 0.29) is 4.83 Å². The van der Waals surface area contributed by atoms with Crippen molar-refractivity contribution >= 4 is 43.5 Å². The number of hydrogen-bond acceptors (Lipinski definition) is 1. The van der Waals surface area contributed by atoms with Gasteiger partial charge in [-0.25, -0.2) is 0 Å². The topological polar surface area (TPSA) is 9.23 Å². The molecule has 0 radical (unpaired) electrons. The van der Waals surface area contributed by atoms with E-state index in [2.05, 4.69) is 57.0 Å². The number of aryl methyl sites for hydroxylation is 1. The molecule has 2 aromatic rings. The number of methoxy groups -OCH3 is 1. The summed E-state index contributed by atoms with van der Waals surface area (Å²) in [5, 5.41) is 0.621. The van der Waals surface area contributed by atoms with Gasteiger partial charge < -0.3 is 4.74 Å². The molecule has 0 fully saturated rings. The molecule has 0 saturated carbocycles. The lowest BCUT2D eigenvalue weighted by Gasteiger charge is -2.13. The Labute approximate surface area is 135 Å². The number of benzene rings is 2. The van der Waals surface area contributed by atoms with Crippen LogP contribution in [-0.2, 0) is 0 Å². The summed E-state index contributed by atoms with van der Waals surface area (Å²) in [6.07, 6.45) is 0. The Bertz CT molecular complexity index is 599. The SMILES string of the molecule is COc1ccc(C(Br)c2ccc(C)c(Br)c2)cc1Cl. The Kier molecular flexibility index (Phi) is 4.93. The highest BCUT2D eigenvalue weighted by Gasteiger charge is 2.13. The molecule has 1 unspecified atom stereocenters. The monoisotopic (exact) mass is 402 g/mol. The molecule has 4 heteroatoms. The maximum absolute atomic E-state index is 6.16. The number of alkyl halides is 1. The minimum absolute atomic E-state index is 0.104. The lowest BCUT2D eigenvalue weighted by atomic mass is 10.0. The van der Waals surface area contributed by atoms with Crippen LogP contribution in [0, 0.1) is 6.92 Å². The van der Waals surface area contributed by atoms with Crippen molar-refractivity contribution in [2.75, 3.05) is 7.11 Å². The average molecular weight is 405 g/mol. The molecular formula is C15H13Br2ClO. The molecule has 0 bridgehead atoms. The van der Waals surface area contributed by atoms with E-state index in [0.717, 1.165) is 10.0 Å². The molecule has 0 spiro atoms. The first-order valence-corrected chi connectivity index (χ1v) is 7.85. The van der Waals surface area contributed by atoms with Crippen molar-refractivity contribution in [1.29, 1.82) is 0 Å². The third kappa shape index (κ3) is 3.33. The van der Waals surface area contributed by atoms with E-state index in [1.54, 1.807) is 7.11 Å². The van der Waals surface area contributed by atoms with E-state index in [1.165, 1.54) is 11.1 Å². The van der Waals surface area contributed by atoms with Crippen LogP contribution < -0.4 is 4.74 Å². The maximum Gasteiger partial charge on any atom is 0.137 e. The maximum atomic E-state index is 6.16. The number of ether oxygens (including phenoxy) is 1. The predicted octanol–water partition coefficient (Wildman–Crippen LogP) is 5.90. The van der Waals surface area contributed by atoms with Crippen molar-refractivity contribution in [3.05, 3.63) is 62.6 Å². The first kappa shape index (κ1) is 14.9. The minimum Gasteiger partial charge on any atom is -0.495 e. The smallest absolute Gasteiger partial charge is 0.137 e. The van der Waals surface area contributed by atoms with Crippen molar-refractivity contribution in [2.24, 2.45) is 0 Å². The standard InChI is InChI=1S/C15H13Br2ClO/c1-9-3-4-10(7-12(9)16)15(17)11-5-6-14(19-2)13(18)8-11/h3-8,15H,1-2H3. The quantitative estimate of drug-likeness (QED) is 0.579. The van der Waals surface area contributed by atoms with Crippen molar-refractivity contribution < 1.29 is 4.74 Å². The molecule has 2 aromatic carbocycles.